The molecule has 0 radical (unpaired) electrons. The number of aromatic amines is 1. The zero-order valence-corrected chi connectivity index (χ0v) is 12.5. The fourth-order valence-electron chi connectivity index (χ4n) is 2.30. The second kappa shape index (κ2) is 5.87. The summed E-state index contributed by atoms with van der Waals surface area (Å²) in [6, 6.07) is 6.16. The first-order valence-electron chi connectivity index (χ1n) is 6.82. The molecule has 0 aliphatic heterocycles. The minimum absolute atomic E-state index is 0.313. The van der Waals surface area contributed by atoms with Crippen LogP contribution < -0.4 is 5.32 Å². The van der Waals surface area contributed by atoms with E-state index in [1.54, 1.807) is 26.0 Å². The molecular weight excluding hydrogens is 293 g/mol. The first-order chi connectivity index (χ1) is 10.2. The molecule has 1 amide bonds. The molecule has 2 N–H and O–H groups in total. The van der Waals surface area contributed by atoms with E-state index in [-0.39, 0.29) is 5.91 Å². The maximum atomic E-state index is 12.7. The molecule has 2 aromatic rings. The highest BCUT2D eigenvalue weighted by molar-refractivity contribution is 5.95. The summed E-state index contributed by atoms with van der Waals surface area (Å²) in [6.45, 7) is 5.26. The molecule has 1 unspecified atom stereocenters. The van der Waals surface area contributed by atoms with Gasteiger partial charge < -0.3 is 10.3 Å². The normalized spacial score (nSPS) is 13.0. The minimum Gasteiger partial charge on any atom is -0.362 e. The topological polar surface area (TPSA) is 44.9 Å². The van der Waals surface area contributed by atoms with Gasteiger partial charge in [-0.25, -0.2) is 0 Å². The molecule has 22 heavy (non-hydrogen) atoms. The molecule has 118 valence electrons. The summed E-state index contributed by atoms with van der Waals surface area (Å²) in [5, 5.41) is 2.72. The van der Waals surface area contributed by atoms with Gasteiger partial charge in [-0.15, -0.1) is 0 Å². The second-order valence-corrected chi connectivity index (χ2v) is 5.31. The molecule has 6 heteroatoms. The Morgan fingerprint density at radius 2 is 1.91 bits per heavy atom. The molecule has 0 bridgehead atoms. The Hall–Kier alpha value is -2.24. The monoisotopic (exact) mass is 310 g/mol. The molecule has 0 fully saturated rings. The van der Waals surface area contributed by atoms with Crippen LogP contribution in [-0.2, 0) is 6.18 Å². The van der Waals surface area contributed by atoms with Crippen molar-refractivity contribution in [1.29, 1.82) is 0 Å². The van der Waals surface area contributed by atoms with E-state index in [1.165, 1.54) is 6.07 Å². The maximum absolute atomic E-state index is 12.7. The van der Waals surface area contributed by atoms with E-state index in [0.717, 1.165) is 23.5 Å². The van der Waals surface area contributed by atoms with Crippen molar-refractivity contribution < 1.29 is 18.0 Å². The molecule has 1 heterocycles. The van der Waals surface area contributed by atoms with E-state index >= 15 is 0 Å². The molecule has 1 aromatic carbocycles. The third-order valence-electron chi connectivity index (χ3n) is 3.46. The molecule has 1 aromatic heterocycles. The van der Waals surface area contributed by atoms with E-state index < -0.39 is 17.8 Å². The smallest absolute Gasteiger partial charge is 0.362 e. The van der Waals surface area contributed by atoms with Crippen LogP contribution >= 0.6 is 0 Å². The molecule has 1 atom stereocenters. The van der Waals surface area contributed by atoms with Gasteiger partial charge >= 0.3 is 6.18 Å². The summed E-state index contributed by atoms with van der Waals surface area (Å²) in [5.41, 5.74) is 1.77. The summed E-state index contributed by atoms with van der Waals surface area (Å²) in [6.07, 6.45) is -4.39. The number of benzene rings is 1. The average Bonchev–Trinajstić information content (AvgIpc) is 2.77. The zero-order valence-electron chi connectivity index (χ0n) is 12.5. The van der Waals surface area contributed by atoms with Crippen LogP contribution in [0.3, 0.4) is 0 Å². The lowest BCUT2D eigenvalue weighted by Gasteiger charge is -2.16. The van der Waals surface area contributed by atoms with Crippen LogP contribution in [0, 0.1) is 13.8 Å². The SMILES string of the molecule is Cc1cc(C(=O)NC(C)c2cccc(C(F)(F)F)c2)c(C)[nH]1. The van der Waals surface area contributed by atoms with E-state index in [9.17, 15) is 18.0 Å². The Bertz CT molecular complexity index is 689. The number of aromatic nitrogens is 1. The minimum atomic E-state index is -4.39. The standard InChI is InChI=1S/C16H17F3N2O/c1-9-7-14(11(3)20-9)15(22)21-10(2)12-5-4-6-13(8-12)16(17,18)19/h4-8,10,20H,1-3H3,(H,21,22). The van der Waals surface area contributed by atoms with Crippen LogP contribution in [0.4, 0.5) is 13.2 Å². The van der Waals surface area contributed by atoms with Gasteiger partial charge in [0.15, 0.2) is 0 Å². The fourth-order valence-corrected chi connectivity index (χ4v) is 2.30. The van der Waals surface area contributed by atoms with E-state index in [2.05, 4.69) is 10.3 Å². The van der Waals surface area contributed by atoms with Gasteiger partial charge in [-0.3, -0.25) is 4.79 Å². The van der Waals surface area contributed by atoms with Crippen LogP contribution in [0.25, 0.3) is 0 Å². The largest absolute Gasteiger partial charge is 0.416 e. The van der Waals surface area contributed by atoms with Gasteiger partial charge in [-0.05, 0) is 44.5 Å². The van der Waals surface area contributed by atoms with Gasteiger partial charge in [0, 0.05) is 11.4 Å². The Labute approximate surface area is 126 Å². The Morgan fingerprint density at radius 3 is 2.45 bits per heavy atom. The summed E-state index contributed by atoms with van der Waals surface area (Å²) in [5.74, 6) is -0.313. The van der Waals surface area contributed by atoms with Crippen molar-refractivity contribution >= 4 is 5.91 Å². The number of H-pyrrole nitrogens is 1. The van der Waals surface area contributed by atoms with Crippen LogP contribution in [0.5, 0.6) is 0 Å². The lowest BCUT2D eigenvalue weighted by Crippen LogP contribution is -2.27. The number of rotatable bonds is 3. The Morgan fingerprint density at radius 1 is 1.23 bits per heavy atom. The Balaban J connectivity index is 2.17. The molecular formula is C16H17F3N2O. The molecule has 3 nitrogen and oxygen atoms in total. The summed E-state index contributed by atoms with van der Waals surface area (Å²) in [7, 11) is 0. The highest BCUT2D eigenvalue weighted by Gasteiger charge is 2.30. The van der Waals surface area contributed by atoms with Crippen molar-refractivity contribution in [2.75, 3.05) is 0 Å². The number of carbonyl (C=O) groups is 1. The van der Waals surface area contributed by atoms with Crippen molar-refractivity contribution in [3.63, 3.8) is 0 Å². The van der Waals surface area contributed by atoms with Crippen LogP contribution in [-0.4, -0.2) is 10.9 Å². The number of aryl methyl sites for hydroxylation is 2. The van der Waals surface area contributed by atoms with Gasteiger partial charge in [0.2, 0.25) is 0 Å². The first kappa shape index (κ1) is 16.1. The van der Waals surface area contributed by atoms with E-state index in [0.29, 0.717) is 11.1 Å². The Kier molecular flexibility index (Phi) is 4.30. The molecule has 0 aliphatic rings. The maximum Gasteiger partial charge on any atom is 0.416 e. The predicted octanol–water partition coefficient (Wildman–Crippen LogP) is 4.14. The molecule has 0 saturated carbocycles. The van der Waals surface area contributed by atoms with Crippen molar-refractivity contribution in [2.24, 2.45) is 0 Å². The van der Waals surface area contributed by atoms with Crippen molar-refractivity contribution in [3.05, 3.63) is 58.4 Å². The number of hydrogen-bond acceptors (Lipinski definition) is 1. The van der Waals surface area contributed by atoms with Gasteiger partial charge in [-0.1, -0.05) is 12.1 Å². The van der Waals surface area contributed by atoms with Crippen LogP contribution in [0.15, 0.2) is 30.3 Å². The molecule has 2 rings (SSSR count). The highest BCUT2D eigenvalue weighted by Crippen LogP contribution is 2.30. The van der Waals surface area contributed by atoms with Gasteiger partial charge in [-0.2, -0.15) is 13.2 Å². The van der Waals surface area contributed by atoms with Gasteiger partial charge in [0.1, 0.15) is 0 Å². The molecule has 0 saturated heterocycles. The van der Waals surface area contributed by atoms with E-state index in [1.807, 2.05) is 6.92 Å². The molecule has 0 spiro atoms. The lowest BCUT2D eigenvalue weighted by molar-refractivity contribution is -0.137. The van der Waals surface area contributed by atoms with Gasteiger partial charge in [0.05, 0.1) is 17.2 Å². The number of amides is 1. The fraction of sp³-hybridized carbons (Fsp3) is 0.312. The quantitative estimate of drug-likeness (QED) is 0.879. The van der Waals surface area contributed by atoms with Crippen LogP contribution in [0.1, 0.15) is 45.8 Å². The third kappa shape index (κ3) is 3.50. The van der Waals surface area contributed by atoms with Crippen molar-refractivity contribution in [2.45, 2.75) is 33.0 Å². The number of halogens is 3. The zero-order chi connectivity index (χ0) is 16.5. The first-order valence-corrected chi connectivity index (χ1v) is 6.82. The second-order valence-electron chi connectivity index (χ2n) is 5.31. The highest BCUT2D eigenvalue weighted by atomic mass is 19.4. The number of carbonyl (C=O) groups excluding carboxylic acids is 1. The van der Waals surface area contributed by atoms with E-state index in [4.69, 9.17) is 0 Å². The predicted molar refractivity (Wildman–Crippen MR) is 77.6 cm³/mol. The summed E-state index contributed by atoms with van der Waals surface area (Å²) < 4.78 is 38.2. The summed E-state index contributed by atoms with van der Waals surface area (Å²) in [4.78, 5) is 15.2. The number of nitrogens with one attached hydrogen (secondary N) is 2. The summed E-state index contributed by atoms with van der Waals surface area (Å²) >= 11 is 0. The average molecular weight is 310 g/mol. The third-order valence-corrected chi connectivity index (χ3v) is 3.46. The van der Waals surface area contributed by atoms with Crippen LogP contribution in [0.2, 0.25) is 0 Å². The number of hydrogen-bond donors (Lipinski definition) is 2. The lowest BCUT2D eigenvalue weighted by atomic mass is 10.0. The number of alkyl halides is 3. The van der Waals surface area contributed by atoms with Gasteiger partial charge in [0.25, 0.3) is 5.91 Å². The van der Waals surface area contributed by atoms with Crippen molar-refractivity contribution in [1.82, 2.24) is 10.3 Å². The van der Waals surface area contributed by atoms with Crippen molar-refractivity contribution in [3.8, 4) is 0 Å². The molecule has 0 aliphatic carbocycles.